The van der Waals surface area contributed by atoms with Crippen LogP contribution in [0.5, 0.6) is 5.75 Å². The third-order valence-electron chi connectivity index (χ3n) is 3.62. The van der Waals surface area contributed by atoms with Crippen LogP contribution >= 0.6 is 0 Å². The summed E-state index contributed by atoms with van der Waals surface area (Å²) in [4.78, 5) is 22.4. The zero-order valence-corrected chi connectivity index (χ0v) is 14.2. The predicted octanol–water partition coefficient (Wildman–Crippen LogP) is 1.43. The number of hydrogen-bond acceptors (Lipinski definition) is 6. The lowest BCUT2D eigenvalue weighted by atomic mass is 10.3. The van der Waals surface area contributed by atoms with Gasteiger partial charge >= 0.3 is 0 Å². The second kappa shape index (κ2) is 8.34. The van der Waals surface area contributed by atoms with Gasteiger partial charge in [0.15, 0.2) is 11.6 Å². The van der Waals surface area contributed by atoms with E-state index in [1.165, 1.54) is 21.5 Å². The zero-order chi connectivity index (χ0) is 18.4. The summed E-state index contributed by atoms with van der Waals surface area (Å²) in [6, 6.07) is 7.81. The van der Waals surface area contributed by atoms with Gasteiger partial charge in [-0.2, -0.15) is 4.98 Å². The quantitative estimate of drug-likeness (QED) is 0.605. The third-order valence-corrected chi connectivity index (χ3v) is 3.62. The van der Waals surface area contributed by atoms with Gasteiger partial charge in [-0.1, -0.05) is 12.1 Å². The number of benzene rings is 1. The van der Waals surface area contributed by atoms with E-state index < -0.39 is 5.82 Å². The number of ether oxygens (including phenoxy) is 2. The van der Waals surface area contributed by atoms with Crippen LogP contribution in [-0.4, -0.2) is 63.8 Å². The Labute approximate surface area is 149 Å². The molecule has 0 unspecified atom stereocenters. The molecule has 0 spiro atoms. The number of rotatable bonds is 8. The van der Waals surface area contributed by atoms with Crippen molar-refractivity contribution >= 4 is 11.7 Å². The topological polar surface area (TPSA) is 81.9 Å². The summed E-state index contributed by atoms with van der Waals surface area (Å²) in [5, 5.41) is 4.13. The lowest BCUT2D eigenvalue weighted by Gasteiger charge is -2.21. The Bertz CT molecular complexity index is 852. The molecule has 8 nitrogen and oxygen atoms in total. The number of nitrogens with zero attached hydrogens (tertiary/aromatic N) is 5. The van der Waals surface area contributed by atoms with Gasteiger partial charge in [0.1, 0.15) is 6.61 Å². The maximum atomic E-state index is 13.6. The van der Waals surface area contributed by atoms with Gasteiger partial charge in [-0.05, 0) is 18.2 Å². The lowest BCUT2D eigenvalue weighted by Crippen LogP contribution is -2.37. The minimum atomic E-state index is -0.449. The minimum absolute atomic E-state index is 0.0331. The van der Waals surface area contributed by atoms with E-state index in [4.69, 9.17) is 9.47 Å². The van der Waals surface area contributed by atoms with Gasteiger partial charge in [0, 0.05) is 26.0 Å². The molecule has 1 aromatic carbocycles. The molecular weight excluding hydrogens is 341 g/mol. The fraction of sp³-hybridized carbons (Fsp3) is 0.294. The molecule has 0 atom stereocenters. The molecule has 2 aromatic heterocycles. The molecule has 26 heavy (non-hydrogen) atoms. The van der Waals surface area contributed by atoms with Crippen LogP contribution in [0.2, 0.25) is 0 Å². The van der Waals surface area contributed by atoms with E-state index >= 15 is 0 Å². The van der Waals surface area contributed by atoms with Crippen molar-refractivity contribution < 1.29 is 18.7 Å². The smallest absolute Gasteiger partial charge is 0.293 e. The average Bonchev–Trinajstić information content (AvgIpc) is 3.09. The summed E-state index contributed by atoms with van der Waals surface area (Å²) in [7, 11) is 1.55. The monoisotopic (exact) mass is 359 g/mol. The van der Waals surface area contributed by atoms with E-state index in [9.17, 15) is 9.18 Å². The van der Waals surface area contributed by atoms with Crippen molar-refractivity contribution in [3.05, 3.63) is 54.4 Å². The van der Waals surface area contributed by atoms with E-state index in [-0.39, 0.29) is 30.6 Å². The van der Waals surface area contributed by atoms with Crippen LogP contribution in [0.1, 0.15) is 10.6 Å². The summed E-state index contributed by atoms with van der Waals surface area (Å²) in [6.45, 7) is 1.04. The highest BCUT2D eigenvalue weighted by atomic mass is 19.1. The molecule has 2 heterocycles. The number of carbonyl (C=O) groups excluding carboxylic acids is 1. The number of hydrogen-bond donors (Lipinski definition) is 0. The fourth-order valence-corrected chi connectivity index (χ4v) is 2.31. The van der Waals surface area contributed by atoms with Gasteiger partial charge in [0.25, 0.3) is 11.7 Å². The molecule has 0 aliphatic carbocycles. The standard InChI is InChI=1S/C17H18FN5O3/c1-25-11-9-22(10-12-26-14-6-3-2-5-13(14)18)16(24)15-20-17-19-7-4-8-23(17)21-15/h2-8H,9-12H2,1H3. The van der Waals surface area contributed by atoms with Gasteiger partial charge < -0.3 is 14.4 Å². The van der Waals surface area contributed by atoms with Crippen LogP contribution in [0.15, 0.2) is 42.7 Å². The summed E-state index contributed by atoms with van der Waals surface area (Å²) >= 11 is 0. The molecule has 0 saturated carbocycles. The van der Waals surface area contributed by atoms with Gasteiger partial charge in [0.05, 0.1) is 13.2 Å². The molecule has 3 aromatic rings. The predicted molar refractivity (Wildman–Crippen MR) is 90.5 cm³/mol. The van der Waals surface area contributed by atoms with E-state index in [1.54, 1.807) is 37.7 Å². The number of fused-ring (bicyclic) bond motifs is 1. The molecule has 3 rings (SSSR count). The Balaban J connectivity index is 1.68. The number of amides is 1. The number of carbonyl (C=O) groups is 1. The SMILES string of the molecule is COCCN(CCOc1ccccc1F)C(=O)c1nc2ncccn2n1. The summed E-state index contributed by atoms with van der Waals surface area (Å²) < 4.78 is 25.5. The van der Waals surface area contributed by atoms with Crippen molar-refractivity contribution in [2.75, 3.05) is 33.4 Å². The van der Waals surface area contributed by atoms with Crippen molar-refractivity contribution in [2.45, 2.75) is 0 Å². The van der Waals surface area contributed by atoms with Crippen LogP contribution in [0, 0.1) is 5.82 Å². The largest absolute Gasteiger partial charge is 0.489 e. The highest BCUT2D eigenvalue weighted by molar-refractivity contribution is 5.90. The van der Waals surface area contributed by atoms with Gasteiger partial charge in [-0.15, -0.1) is 5.10 Å². The first kappa shape index (κ1) is 17.7. The van der Waals surface area contributed by atoms with Gasteiger partial charge in [0.2, 0.25) is 5.82 Å². The zero-order valence-electron chi connectivity index (χ0n) is 14.2. The van der Waals surface area contributed by atoms with Crippen molar-refractivity contribution in [3.8, 4) is 5.75 Å². The third kappa shape index (κ3) is 4.12. The summed E-state index contributed by atoms with van der Waals surface area (Å²) in [6.07, 6.45) is 3.23. The molecule has 0 radical (unpaired) electrons. The number of para-hydroxylation sites is 1. The van der Waals surface area contributed by atoms with Crippen LogP contribution in [0.25, 0.3) is 5.78 Å². The Morgan fingerprint density at radius 2 is 2.04 bits per heavy atom. The maximum absolute atomic E-state index is 13.6. The van der Waals surface area contributed by atoms with Crippen LogP contribution in [-0.2, 0) is 4.74 Å². The molecule has 0 aliphatic heterocycles. The molecule has 0 N–H and O–H groups in total. The van der Waals surface area contributed by atoms with Crippen LogP contribution in [0.3, 0.4) is 0 Å². The van der Waals surface area contributed by atoms with Crippen LogP contribution in [0.4, 0.5) is 4.39 Å². The molecule has 9 heteroatoms. The summed E-state index contributed by atoms with van der Waals surface area (Å²) in [5.74, 6) is -0.308. The summed E-state index contributed by atoms with van der Waals surface area (Å²) in [5.41, 5.74) is 0. The number of methoxy groups -OCH3 is 1. The van der Waals surface area contributed by atoms with E-state index in [2.05, 4.69) is 15.1 Å². The first-order valence-corrected chi connectivity index (χ1v) is 8.02. The molecule has 0 bridgehead atoms. The highest BCUT2D eigenvalue weighted by Crippen LogP contribution is 2.15. The normalized spacial score (nSPS) is 10.8. The first-order valence-electron chi connectivity index (χ1n) is 8.02. The van der Waals surface area contributed by atoms with Crippen molar-refractivity contribution in [2.24, 2.45) is 0 Å². The van der Waals surface area contributed by atoms with Crippen LogP contribution < -0.4 is 4.74 Å². The molecule has 0 fully saturated rings. The Kier molecular flexibility index (Phi) is 5.69. The minimum Gasteiger partial charge on any atom is -0.489 e. The average molecular weight is 359 g/mol. The second-order valence-electron chi connectivity index (χ2n) is 5.36. The Morgan fingerprint density at radius 1 is 1.23 bits per heavy atom. The molecule has 0 aliphatic rings. The highest BCUT2D eigenvalue weighted by Gasteiger charge is 2.21. The second-order valence-corrected chi connectivity index (χ2v) is 5.36. The molecular formula is C17H18FN5O3. The van der Waals surface area contributed by atoms with Crippen molar-refractivity contribution in [3.63, 3.8) is 0 Å². The molecule has 1 amide bonds. The van der Waals surface area contributed by atoms with Gasteiger partial charge in [-0.25, -0.2) is 13.9 Å². The fourth-order valence-electron chi connectivity index (χ4n) is 2.31. The van der Waals surface area contributed by atoms with Gasteiger partial charge in [-0.3, -0.25) is 4.79 Å². The molecule has 0 saturated heterocycles. The maximum Gasteiger partial charge on any atom is 0.293 e. The molecule has 136 valence electrons. The first-order chi connectivity index (χ1) is 12.7. The Hall–Kier alpha value is -3.07. The van der Waals surface area contributed by atoms with E-state index in [0.29, 0.717) is 18.9 Å². The van der Waals surface area contributed by atoms with Crippen molar-refractivity contribution in [1.29, 1.82) is 0 Å². The lowest BCUT2D eigenvalue weighted by molar-refractivity contribution is 0.0653. The number of halogens is 1. The van der Waals surface area contributed by atoms with E-state index in [1.807, 2.05) is 0 Å². The van der Waals surface area contributed by atoms with E-state index in [0.717, 1.165) is 0 Å². The Morgan fingerprint density at radius 3 is 2.81 bits per heavy atom. The van der Waals surface area contributed by atoms with Crippen molar-refractivity contribution in [1.82, 2.24) is 24.5 Å². The number of aromatic nitrogens is 4.